The molecule has 5 nitrogen and oxygen atoms in total. The minimum absolute atomic E-state index is 0.0307. The first-order valence-electron chi connectivity index (χ1n) is 5.26. The van der Waals surface area contributed by atoms with Crippen LogP contribution in [0.4, 0.5) is 0 Å². The summed E-state index contributed by atoms with van der Waals surface area (Å²) in [6.45, 7) is 3.28. The standard InChI is InChI=1S/C11H18N2O3/c1-9(10-4-3-6-16-10)13-8-11(14)12-5-7-15-2/h3-4,6,9,13H,5,7-8H2,1-2H3,(H,12,14)/t9-/m1/s1. The zero-order valence-electron chi connectivity index (χ0n) is 9.66. The number of furan rings is 1. The van der Waals surface area contributed by atoms with Crippen LogP contribution in [0.25, 0.3) is 0 Å². The maximum Gasteiger partial charge on any atom is 0.234 e. The zero-order chi connectivity index (χ0) is 11.8. The second kappa shape index (κ2) is 7.03. The molecule has 1 rings (SSSR count). The van der Waals surface area contributed by atoms with Gasteiger partial charge in [-0.15, -0.1) is 0 Å². The summed E-state index contributed by atoms with van der Waals surface area (Å²) in [5.41, 5.74) is 0. The van der Waals surface area contributed by atoms with Crippen molar-refractivity contribution in [1.29, 1.82) is 0 Å². The number of carbonyl (C=O) groups excluding carboxylic acids is 1. The fourth-order valence-corrected chi connectivity index (χ4v) is 1.24. The minimum Gasteiger partial charge on any atom is -0.468 e. The maximum atomic E-state index is 11.3. The Bertz CT molecular complexity index is 298. The van der Waals surface area contributed by atoms with Crippen LogP contribution in [0.2, 0.25) is 0 Å². The monoisotopic (exact) mass is 226 g/mol. The summed E-state index contributed by atoms with van der Waals surface area (Å²) in [5.74, 6) is 0.778. The van der Waals surface area contributed by atoms with Crippen LogP contribution in [-0.4, -0.2) is 32.7 Å². The molecule has 1 amide bonds. The average molecular weight is 226 g/mol. The Morgan fingerprint density at radius 2 is 2.44 bits per heavy atom. The molecule has 0 bridgehead atoms. The van der Waals surface area contributed by atoms with Crippen LogP contribution in [0.15, 0.2) is 22.8 Å². The summed E-state index contributed by atoms with van der Waals surface area (Å²) in [5, 5.41) is 5.79. The van der Waals surface area contributed by atoms with Crippen LogP contribution in [0.5, 0.6) is 0 Å². The Hall–Kier alpha value is -1.33. The molecule has 2 N–H and O–H groups in total. The van der Waals surface area contributed by atoms with Gasteiger partial charge in [-0.3, -0.25) is 10.1 Å². The molecule has 0 unspecified atom stereocenters. The van der Waals surface area contributed by atoms with E-state index in [2.05, 4.69) is 10.6 Å². The van der Waals surface area contributed by atoms with Crippen LogP contribution in [-0.2, 0) is 9.53 Å². The summed E-state index contributed by atoms with van der Waals surface area (Å²) < 4.78 is 10.0. The van der Waals surface area contributed by atoms with Gasteiger partial charge in [-0.05, 0) is 19.1 Å². The largest absolute Gasteiger partial charge is 0.468 e. The maximum absolute atomic E-state index is 11.3. The van der Waals surface area contributed by atoms with Gasteiger partial charge in [0.15, 0.2) is 0 Å². The zero-order valence-corrected chi connectivity index (χ0v) is 9.66. The van der Waals surface area contributed by atoms with Crippen molar-refractivity contribution in [3.05, 3.63) is 24.2 Å². The normalized spacial score (nSPS) is 12.4. The van der Waals surface area contributed by atoms with E-state index in [1.807, 2.05) is 19.1 Å². The molecular formula is C11H18N2O3. The molecule has 0 spiro atoms. The Labute approximate surface area is 95.2 Å². The lowest BCUT2D eigenvalue weighted by atomic mass is 10.2. The van der Waals surface area contributed by atoms with Gasteiger partial charge in [-0.1, -0.05) is 0 Å². The third kappa shape index (κ3) is 4.46. The van der Waals surface area contributed by atoms with Gasteiger partial charge in [0, 0.05) is 13.7 Å². The van der Waals surface area contributed by atoms with E-state index >= 15 is 0 Å². The highest BCUT2D eigenvalue weighted by Gasteiger charge is 2.09. The van der Waals surface area contributed by atoms with Gasteiger partial charge >= 0.3 is 0 Å². The van der Waals surface area contributed by atoms with Crippen molar-refractivity contribution < 1.29 is 13.9 Å². The number of ether oxygens (including phenoxy) is 1. The second-order valence-corrected chi connectivity index (χ2v) is 3.46. The van der Waals surface area contributed by atoms with Crippen molar-refractivity contribution in [1.82, 2.24) is 10.6 Å². The molecule has 0 aliphatic rings. The Morgan fingerprint density at radius 3 is 3.06 bits per heavy atom. The Kier molecular flexibility index (Phi) is 5.60. The Morgan fingerprint density at radius 1 is 1.62 bits per heavy atom. The van der Waals surface area contributed by atoms with Gasteiger partial charge < -0.3 is 14.5 Å². The highest BCUT2D eigenvalue weighted by molar-refractivity contribution is 5.77. The van der Waals surface area contributed by atoms with E-state index in [1.54, 1.807) is 13.4 Å². The first-order valence-corrected chi connectivity index (χ1v) is 5.26. The van der Waals surface area contributed by atoms with E-state index in [9.17, 15) is 4.79 Å². The SMILES string of the molecule is COCCNC(=O)CN[C@H](C)c1ccco1. The van der Waals surface area contributed by atoms with Crippen molar-refractivity contribution in [2.24, 2.45) is 0 Å². The molecule has 90 valence electrons. The number of amides is 1. The topological polar surface area (TPSA) is 63.5 Å². The fourth-order valence-electron chi connectivity index (χ4n) is 1.24. The number of hydrogen-bond donors (Lipinski definition) is 2. The molecule has 0 aromatic carbocycles. The Balaban J connectivity index is 2.16. The van der Waals surface area contributed by atoms with E-state index in [0.29, 0.717) is 13.2 Å². The highest BCUT2D eigenvalue weighted by atomic mass is 16.5. The van der Waals surface area contributed by atoms with Crippen molar-refractivity contribution in [2.75, 3.05) is 26.8 Å². The molecule has 0 fully saturated rings. The second-order valence-electron chi connectivity index (χ2n) is 3.46. The van der Waals surface area contributed by atoms with E-state index in [-0.39, 0.29) is 18.5 Å². The quantitative estimate of drug-likeness (QED) is 0.671. The lowest BCUT2D eigenvalue weighted by Gasteiger charge is -2.11. The third-order valence-electron chi connectivity index (χ3n) is 2.17. The number of carbonyl (C=O) groups is 1. The smallest absolute Gasteiger partial charge is 0.234 e. The molecule has 0 saturated heterocycles. The van der Waals surface area contributed by atoms with Crippen LogP contribution in [0.3, 0.4) is 0 Å². The lowest BCUT2D eigenvalue weighted by molar-refractivity contribution is -0.120. The summed E-state index contributed by atoms with van der Waals surface area (Å²) in [6, 6.07) is 3.73. The molecule has 1 aromatic heterocycles. The van der Waals surface area contributed by atoms with Gasteiger partial charge in [0.2, 0.25) is 5.91 Å². The van der Waals surface area contributed by atoms with E-state index in [1.165, 1.54) is 0 Å². The number of nitrogens with one attached hydrogen (secondary N) is 2. The first-order chi connectivity index (χ1) is 7.74. The highest BCUT2D eigenvalue weighted by Crippen LogP contribution is 2.11. The van der Waals surface area contributed by atoms with Gasteiger partial charge in [-0.25, -0.2) is 0 Å². The first kappa shape index (κ1) is 12.7. The predicted octanol–water partition coefficient (Wildman–Crippen LogP) is 0.693. The molecule has 1 aromatic rings. The third-order valence-corrected chi connectivity index (χ3v) is 2.17. The summed E-state index contributed by atoms with van der Waals surface area (Å²) in [4.78, 5) is 11.3. The average Bonchev–Trinajstić information content (AvgIpc) is 2.79. The van der Waals surface area contributed by atoms with Crippen LogP contribution in [0, 0.1) is 0 Å². The fraction of sp³-hybridized carbons (Fsp3) is 0.545. The van der Waals surface area contributed by atoms with E-state index < -0.39 is 0 Å². The number of rotatable bonds is 7. The summed E-state index contributed by atoms with van der Waals surface area (Å²) in [6.07, 6.45) is 1.62. The number of methoxy groups -OCH3 is 1. The van der Waals surface area contributed by atoms with E-state index in [4.69, 9.17) is 9.15 Å². The van der Waals surface area contributed by atoms with Crippen molar-refractivity contribution in [3.8, 4) is 0 Å². The number of hydrogen-bond acceptors (Lipinski definition) is 4. The van der Waals surface area contributed by atoms with Crippen LogP contribution >= 0.6 is 0 Å². The van der Waals surface area contributed by atoms with Crippen molar-refractivity contribution in [2.45, 2.75) is 13.0 Å². The molecule has 16 heavy (non-hydrogen) atoms. The lowest BCUT2D eigenvalue weighted by Crippen LogP contribution is -2.36. The van der Waals surface area contributed by atoms with Gasteiger partial charge in [0.1, 0.15) is 5.76 Å². The molecular weight excluding hydrogens is 208 g/mol. The van der Waals surface area contributed by atoms with Crippen LogP contribution < -0.4 is 10.6 Å². The molecule has 0 aliphatic heterocycles. The van der Waals surface area contributed by atoms with E-state index in [0.717, 1.165) is 5.76 Å². The van der Waals surface area contributed by atoms with Gasteiger partial charge in [-0.2, -0.15) is 0 Å². The molecule has 0 radical (unpaired) electrons. The minimum atomic E-state index is -0.0459. The van der Waals surface area contributed by atoms with Gasteiger partial charge in [0.25, 0.3) is 0 Å². The molecule has 0 saturated carbocycles. The molecule has 0 aliphatic carbocycles. The predicted molar refractivity (Wildman–Crippen MR) is 60.0 cm³/mol. The van der Waals surface area contributed by atoms with Crippen LogP contribution in [0.1, 0.15) is 18.7 Å². The molecule has 1 atom stereocenters. The summed E-state index contributed by atoms with van der Waals surface area (Å²) >= 11 is 0. The summed E-state index contributed by atoms with van der Waals surface area (Å²) in [7, 11) is 1.60. The van der Waals surface area contributed by atoms with Gasteiger partial charge in [0.05, 0.1) is 25.5 Å². The van der Waals surface area contributed by atoms with Crippen molar-refractivity contribution >= 4 is 5.91 Å². The molecule has 1 heterocycles. The van der Waals surface area contributed by atoms with Crippen molar-refractivity contribution in [3.63, 3.8) is 0 Å². The molecule has 5 heteroatoms.